The van der Waals surface area contributed by atoms with Gasteiger partial charge in [-0.2, -0.15) is 0 Å². The molecule has 1 heterocycles. The van der Waals surface area contributed by atoms with E-state index in [4.69, 9.17) is 11.6 Å². The number of amides is 3. The normalized spacial score (nSPS) is 13.0. The summed E-state index contributed by atoms with van der Waals surface area (Å²) in [4.78, 5) is 62.1. The lowest BCUT2D eigenvalue weighted by Crippen LogP contribution is -2.32. The summed E-state index contributed by atoms with van der Waals surface area (Å²) in [7, 11) is 1.25. The summed E-state index contributed by atoms with van der Waals surface area (Å²) in [5.74, 6) is -2.37. The summed E-state index contributed by atoms with van der Waals surface area (Å²) in [6.45, 7) is 1.46. The Bertz CT molecular complexity index is 1440. The molecule has 9 nitrogen and oxygen atoms in total. The molecular weight excluding hydrogens is 498 g/mol. The molecule has 0 aliphatic carbocycles. The number of esters is 1. The molecule has 3 aromatic carbocycles. The van der Waals surface area contributed by atoms with Gasteiger partial charge in [-0.05, 0) is 79.7 Å². The van der Waals surface area contributed by atoms with Gasteiger partial charge in [0.1, 0.15) is 10.7 Å². The number of ether oxygens (including phenoxy) is 1. The molecule has 1 aliphatic heterocycles. The molecule has 0 spiro atoms. The predicted molar refractivity (Wildman–Crippen MR) is 138 cm³/mol. The van der Waals surface area contributed by atoms with Crippen molar-refractivity contribution in [1.29, 1.82) is 0 Å². The van der Waals surface area contributed by atoms with Crippen LogP contribution >= 0.6 is 11.6 Å². The first-order chi connectivity index (χ1) is 17.7. The van der Waals surface area contributed by atoms with Gasteiger partial charge in [-0.15, -0.1) is 0 Å². The number of benzene rings is 3. The first-order valence-corrected chi connectivity index (χ1v) is 11.3. The van der Waals surface area contributed by atoms with Crippen LogP contribution in [0.25, 0.3) is 0 Å². The highest BCUT2D eigenvalue weighted by molar-refractivity contribution is 6.53. The van der Waals surface area contributed by atoms with E-state index in [1.165, 1.54) is 38.3 Å². The summed E-state index contributed by atoms with van der Waals surface area (Å²) in [6, 6.07) is 18.5. The molecule has 4 rings (SSSR count). The highest BCUT2D eigenvalue weighted by Crippen LogP contribution is 2.30. The third-order valence-corrected chi connectivity index (χ3v) is 5.89. The van der Waals surface area contributed by atoms with Gasteiger partial charge in [0.15, 0.2) is 5.78 Å². The van der Waals surface area contributed by atoms with Crippen molar-refractivity contribution in [3.63, 3.8) is 0 Å². The number of Topliss-reactive ketones (excluding diaryl/α,β-unsaturated/α-hetero) is 1. The summed E-state index contributed by atoms with van der Waals surface area (Å²) >= 11 is 6.17. The van der Waals surface area contributed by atoms with E-state index in [1.807, 2.05) is 0 Å². The van der Waals surface area contributed by atoms with E-state index in [2.05, 4.69) is 15.4 Å². The number of ketones is 1. The summed E-state index contributed by atoms with van der Waals surface area (Å²) < 4.78 is 4.65. The Morgan fingerprint density at radius 1 is 0.757 bits per heavy atom. The fourth-order valence-electron chi connectivity index (χ4n) is 3.55. The van der Waals surface area contributed by atoms with Crippen LogP contribution in [-0.4, -0.2) is 36.6 Å². The van der Waals surface area contributed by atoms with Gasteiger partial charge in [-0.1, -0.05) is 11.6 Å². The average Bonchev–Trinajstić information content (AvgIpc) is 3.11. The molecule has 0 fully saturated rings. The molecule has 0 saturated heterocycles. The van der Waals surface area contributed by atoms with E-state index in [0.29, 0.717) is 22.5 Å². The Balaban J connectivity index is 1.44. The number of hydrogen-bond donors (Lipinski definition) is 2. The predicted octanol–water partition coefficient (Wildman–Crippen LogP) is 4.36. The molecular formula is C27H20ClN3O6. The van der Waals surface area contributed by atoms with Crippen LogP contribution in [0.1, 0.15) is 38.0 Å². The molecule has 0 unspecified atom stereocenters. The first-order valence-electron chi connectivity index (χ1n) is 11.0. The number of halogens is 1. The second-order valence-electron chi connectivity index (χ2n) is 7.96. The molecule has 0 bridgehead atoms. The van der Waals surface area contributed by atoms with Crippen molar-refractivity contribution in [2.45, 2.75) is 6.92 Å². The standard InChI is InChI=1S/C27H20ClN3O6/c1-15(32)16-3-9-20(10-4-16)30-24(33)17-5-11-19(12-6-17)29-23-22(28)25(34)31(26(23)35)21-13-7-18(8-14-21)27(36)37-2/h3-14,29H,1-2H3,(H,30,33). The minimum absolute atomic E-state index is 0.0711. The van der Waals surface area contributed by atoms with Gasteiger partial charge in [-0.25, -0.2) is 9.69 Å². The minimum atomic E-state index is -0.716. The Labute approximate surface area is 216 Å². The van der Waals surface area contributed by atoms with Crippen molar-refractivity contribution >= 4 is 58.1 Å². The van der Waals surface area contributed by atoms with Crippen LogP contribution in [0, 0.1) is 0 Å². The second-order valence-corrected chi connectivity index (χ2v) is 8.34. The molecule has 0 radical (unpaired) electrons. The summed E-state index contributed by atoms with van der Waals surface area (Å²) in [5, 5.41) is 5.29. The number of carbonyl (C=O) groups is 5. The molecule has 10 heteroatoms. The molecule has 0 saturated carbocycles. The van der Waals surface area contributed by atoms with Gasteiger partial charge in [0.25, 0.3) is 17.7 Å². The van der Waals surface area contributed by atoms with Crippen molar-refractivity contribution in [3.05, 3.63) is 100 Å². The topological polar surface area (TPSA) is 122 Å². The Kier molecular flexibility index (Phi) is 7.17. The van der Waals surface area contributed by atoms with Crippen LogP contribution in [0.15, 0.2) is 83.5 Å². The van der Waals surface area contributed by atoms with Crippen molar-refractivity contribution in [3.8, 4) is 0 Å². The minimum Gasteiger partial charge on any atom is -0.465 e. The Morgan fingerprint density at radius 2 is 1.30 bits per heavy atom. The Hall–Kier alpha value is -4.76. The number of carbonyl (C=O) groups excluding carboxylic acids is 5. The van der Waals surface area contributed by atoms with Crippen LogP contribution in [-0.2, 0) is 14.3 Å². The zero-order valence-electron chi connectivity index (χ0n) is 19.7. The third-order valence-electron chi connectivity index (χ3n) is 5.54. The second kappa shape index (κ2) is 10.5. The number of hydrogen-bond acceptors (Lipinski definition) is 7. The van der Waals surface area contributed by atoms with Crippen LogP contribution in [0.2, 0.25) is 0 Å². The van der Waals surface area contributed by atoms with Gasteiger partial charge in [0.05, 0.1) is 18.4 Å². The average molecular weight is 518 g/mol. The van der Waals surface area contributed by atoms with Crippen LogP contribution < -0.4 is 15.5 Å². The molecule has 186 valence electrons. The molecule has 0 aromatic heterocycles. The number of methoxy groups -OCH3 is 1. The van der Waals surface area contributed by atoms with E-state index in [1.54, 1.807) is 48.5 Å². The van der Waals surface area contributed by atoms with Crippen molar-refractivity contribution in [1.82, 2.24) is 0 Å². The highest BCUT2D eigenvalue weighted by Gasteiger charge is 2.39. The first kappa shape index (κ1) is 25.3. The zero-order valence-corrected chi connectivity index (χ0v) is 20.5. The lowest BCUT2D eigenvalue weighted by Gasteiger charge is -2.15. The van der Waals surface area contributed by atoms with Crippen LogP contribution in [0.4, 0.5) is 17.1 Å². The molecule has 37 heavy (non-hydrogen) atoms. The van der Waals surface area contributed by atoms with Crippen molar-refractivity contribution in [2.75, 3.05) is 22.6 Å². The molecule has 1 aliphatic rings. The molecule has 2 N–H and O–H groups in total. The van der Waals surface area contributed by atoms with Gasteiger partial charge >= 0.3 is 5.97 Å². The number of rotatable bonds is 7. The van der Waals surface area contributed by atoms with Crippen LogP contribution in [0.5, 0.6) is 0 Å². The largest absolute Gasteiger partial charge is 0.465 e. The highest BCUT2D eigenvalue weighted by atomic mass is 35.5. The quantitative estimate of drug-likeness (QED) is 0.271. The van der Waals surface area contributed by atoms with Gasteiger partial charge in [-0.3, -0.25) is 19.2 Å². The number of nitrogens with one attached hydrogen (secondary N) is 2. The molecule has 3 amide bonds. The number of anilines is 3. The van der Waals surface area contributed by atoms with E-state index in [9.17, 15) is 24.0 Å². The van der Waals surface area contributed by atoms with E-state index in [0.717, 1.165) is 4.90 Å². The third kappa shape index (κ3) is 5.26. The Morgan fingerprint density at radius 3 is 1.86 bits per heavy atom. The maximum atomic E-state index is 13.0. The van der Waals surface area contributed by atoms with Crippen LogP contribution in [0.3, 0.4) is 0 Å². The maximum absolute atomic E-state index is 13.0. The van der Waals surface area contributed by atoms with Gasteiger partial charge in [0, 0.05) is 22.5 Å². The van der Waals surface area contributed by atoms with E-state index in [-0.39, 0.29) is 33.7 Å². The number of nitrogens with zero attached hydrogens (tertiary/aromatic N) is 1. The van der Waals surface area contributed by atoms with Gasteiger partial charge < -0.3 is 15.4 Å². The summed E-state index contributed by atoms with van der Waals surface area (Å²) in [6.07, 6.45) is 0. The van der Waals surface area contributed by atoms with Gasteiger partial charge in [0.2, 0.25) is 0 Å². The fraction of sp³-hybridized carbons (Fsp3) is 0.0741. The van der Waals surface area contributed by atoms with E-state index >= 15 is 0 Å². The maximum Gasteiger partial charge on any atom is 0.337 e. The lowest BCUT2D eigenvalue weighted by molar-refractivity contribution is -0.120. The molecule has 3 aromatic rings. The SMILES string of the molecule is COC(=O)c1ccc(N2C(=O)C(Cl)=C(Nc3ccc(C(=O)Nc4ccc(C(C)=O)cc4)cc3)C2=O)cc1. The monoisotopic (exact) mass is 517 g/mol. The molecule has 0 atom stereocenters. The number of imide groups is 1. The van der Waals surface area contributed by atoms with Crippen molar-refractivity contribution in [2.24, 2.45) is 0 Å². The zero-order chi connectivity index (χ0) is 26.7. The van der Waals surface area contributed by atoms with Crippen molar-refractivity contribution < 1.29 is 28.7 Å². The smallest absolute Gasteiger partial charge is 0.337 e. The van der Waals surface area contributed by atoms with E-state index < -0.39 is 17.8 Å². The summed E-state index contributed by atoms with van der Waals surface area (Å²) in [5.41, 5.74) is 2.23. The fourth-order valence-corrected chi connectivity index (χ4v) is 3.76. The lowest BCUT2D eigenvalue weighted by atomic mass is 10.1.